The van der Waals surface area contributed by atoms with Crippen molar-refractivity contribution in [3.8, 4) is 5.75 Å². The van der Waals surface area contributed by atoms with Crippen LogP contribution >= 0.6 is 23.2 Å². The summed E-state index contributed by atoms with van der Waals surface area (Å²) in [4.78, 5) is 11.6. The van der Waals surface area contributed by atoms with E-state index in [1.165, 1.54) is 18.3 Å². The van der Waals surface area contributed by atoms with Crippen molar-refractivity contribution in [2.45, 2.75) is 12.8 Å². The van der Waals surface area contributed by atoms with Gasteiger partial charge in [0.1, 0.15) is 11.6 Å². The van der Waals surface area contributed by atoms with E-state index in [1.807, 2.05) is 0 Å². The van der Waals surface area contributed by atoms with Crippen LogP contribution in [0.15, 0.2) is 47.6 Å². The van der Waals surface area contributed by atoms with E-state index in [1.54, 1.807) is 30.3 Å². The predicted octanol–water partition coefficient (Wildman–Crippen LogP) is 4.44. The van der Waals surface area contributed by atoms with Gasteiger partial charge in [0.15, 0.2) is 0 Å². The molecule has 4 nitrogen and oxygen atoms in total. The second-order valence-corrected chi connectivity index (χ2v) is 5.72. The van der Waals surface area contributed by atoms with Crippen LogP contribution in [0.1, 0.15) is 18.4 Å². The molecule has 7 heteroatoms. The Kier molecular flexibility index (Phi) is 7.03. The minimum absolute atomic E-state index is 0.242. The SMILES string of the molecule is O=C(CCCOc1ccc(Cl)cc1Cl)N/N=C/c1cccc(F)c1. The normalized spacial score (nSPS) is 10.8. The summed E-state index contributed by atoms with van der Waals surface area (Å²) in [6, 6.07) is 10.8. The van der Waals surface area contributed by atoms with Crippen LogP contribution < -0.4 is 10.2 Å². The molecule has 1 amide bonds. The fraction of sp³-hybridized carbons (Fsp3) is 0.176. The summed E-state index contributed by atoms with van der Waals surface area (Å²) in [5.41, 5.74) is 2.94. The van der Waals surface area contributed by atoms with Gasteiger partial charge in [-0.1, -0.05) is 35.3 Å². The van der Waals surface area contributed by atoms with Gasteiger partial charge in [0.25, 0.3) is 0 Å². The van der Waals surface area contributed by atoms with Crippen LogP contribution in [0.25, 0.3) is 0 Å². The molecule has 1 N–H and O–H groups in total. The average Bonchev–Trinajstić information content (AvgIpc) is 2.53. The first-order valence-corrected chi connectivity index (χ1v) is 7.95. The first-order valence-electron chi connectivity index (χ1n) is 7.20. The van der Waals surface area contributed by atoms with Crippen molar-refractivity contribution in [1.82, 2.24) is 5.43 Å². The molecule has 0 radical (unpaired) electrons. The Bertz CT molecular complexity index is 738. The third-order valence-electron chi connectivity index (χ3n) is 2.95. The van der Waals surface area contributed by atoms with Crippen molar-refractivity contribution in [2.24, 2.45) is 5.10 Å². The van der Waals surface area contributed by atoms with E-state index in [-0.39, 0.29) is 18.1 Å². The second-order valence-electron chi connectivity index (χ2n) is 4.87. The van der Waals surface area contributed by atoms with Crippen LogP contribution in [0.5, 0.6) is 5.75 Å². The number of hydrogen-bond donors (Lipinski definition) is 1. The molecule has 0 atom stereocenters. The van der Waals surface area contributed by atoms with Crippen molar-refractivity contribution < 1.29 is 13.9 Å². The highest BCUT2D eigenvalue weighted by atomic mass is 35.5. The van der Waals surface area contributed by atoms with Crippen LogP contribution in [0.4, 0.5) is 4.39 Å². The van der Waals surface area contributed by atoms with Gasteiger partial charge >= 0.3 is 0 Å². The molecule has 0 aromatic heterocycles. The van der Waals surface area contributed by atoms with Gasteiger partial charge in [-0.25, -0.2) is 9.82 Å². The maximum absolute atomic E-state index is 13.0. The number of carbonyl (C=O) groups is 1. The van der Waals surface area contributed by atoms with Gasteiger partial charge in [-0.05, 0) is 42.3 Å². The number of ether oxygens (including phenoxy) is 1. The second kappa shape index (κ2) is 9.25. The summed E-state index contributed by atoms with van der Waals surface area (Å²) in [6.45, 7) is 0.336. The summed E-state index contributed by atoms with van der Waals surface area (Å²) >= 11 is 11.8. The molecule has 0 heterocycles. The molecule has 0 bridgehead atoms. The lowest BCUT2D eigenvalue weighted by atomic mass is 10.2. The Labute approximate surface area is 149 Å². The van der Waals surface area contributed by atoms with Gasteiger partial charge in [0, 0.05) is 11.4 Å². The van der Waals surface area contributed by atoms with Crippen molar-refractivity contribution in [2.75, 3.05) is 6.61 Å². The van der Waals surface area contributed by atoms with Crippen molar-refractivity contribution in [3.63, 3.8) is 0 Å². The summed E-state index contributed by atoms with van der Waals surface area (Å²) in [7, 11) is 0. The fourth-order valence-corrected chi connectivity index (χ4v) is 2.29. The van der Waals surface area contributed by atoms with E-state index in [4.69, 9.17) is 27.9 Å². The molecule has 126 valence electrons. The zero-order valence-corrected chi connectivity index (χ0v) is 14.1. The highest BCUT2D eigenvalue weighted by molar-refractivity contribution is 6.35. The highest BCUT2D eigenvalue weighted by Gasteiger charge is 2.04. The van der Waals surface area contributed by atoms with Crippen LogP contribution in [-0.4, -0.2) is 18.7 Å². The van der Waals surface area contributed by atoms with Gasteiger partial charge in [-0.2, -0.15) is 5.10 Å². The third-order valence-corrected chi connectivity index (χ3v) is 3.48. The largest absolute Gasteiger partial charge is 0.492 e. The van der Waals surface area contributed by atoms with Crippen molar-refractivity contribution in [3.05, 3.63) is 63.9 Å². The number of hydrogen-bond acceptors (Lipinski definition) is 3. The Morgan fingerprint density at radius 1 is 1.25 bits per heavy atom. The number of nitrogens with zero attached hydrogens (tertiary/aromatic N) is 1. The number of amides is 1. The van der Waals surface area contributed by atoms with E-state index >= 15 is 0 Å². The number of carbonyl (C=O) groups excluding carboxylic acids is 1. The summed E-state index contributed by atoms with van der Waals surface area (Å²) in [6.07, 6.45) is 2.12. The molecule has 0 aliphatic rings. The van der Waals surface area contributed by atoms with Gasteiger partial charge < -0.3 is 4.74 Å². The van der Waals surface area contributed by atoms with Crippen LogP contribution in [-0.2, 0) is 4.79 Å². The topological polar surface area (TPSA) is 50.7 Å². The first kappa shape index (κ1) is 18.2. The molecular formula is C17H15Cl2FN2O2. The number of nitrogens with one attached hydrogen (secondary N) is 1. The maximum atomic E-state index is 13.0. The predicted molar refractivity (Wildman–Crippen MR) is 93.3 cm³/mol. The summed E-state index contributed by atoms with van der Waals surface area (Å²) in [5, 5.41) is 4.73. The summed E-state index contributed by atoms with van der Waals surface area (Å²) in [5.74, 6) is -0.0951. The first-order chi connectivity index (χ1) is 11.5. The van der Waals surface area contributed by atoms with Crippen LogP contribution in [0, 0.1) is 5.82 Å². The minimum Gasteiger partial charge on any atom is -0.492 e. The molecule has 24 heavy (non-hydrogen) atoms. The Balaban J connectivity index is 1.68. The molecule has 0 fully saturated rings. The number of hydrazone groups is 1. The van der Waals surface area contributed by atoms with Gasteiger partial charge in [-0.15, -0.1) is 0 Å². The summed E-state index contributed by atoms with van der Waals surface area (Å²) < 4.78 is 18.4. The van der Waals surface area contributed by atoms with E-state index < -0.39 is 0 Å². The minimum atomic E-state index is -0.358. The number of rotatable bonds is 7. The smallest absolute Gasteiger partial charge is 0.240 e. The van der Waals surface area contributed by atoms with Gasteiger partial charge in [0.05, 0.1) is 17.8 Å². The lowest BCUT2D eigenvalue weighted by Gasteiger charge is -2.07. The van der Waals surface area contributed by atoms with Crippen molar-refractivity contribution >= 4 is 35.3 Å². The standard InChI is InChI=1S/C17H15Cl2FN2O2/c18-13-6-7-16(15(19)10-13)24-8-2-5-17(23)22-21-11-12-3-1-4-14(20)9-12/h1,3-4,6-7,9-11H,2,5,8H2,(H,22,23)/b21-11+. The molecule has 0 unspecified atom stereocenters. The Morgan fingerprint density at radius 3 is 2.83 bits per heavy atom. The van der Waals surface area contributed by atoms with Crippen LogP contribution in [0.3, 0.4) is 0 Å². The lowest BCUT2D eigenvalue weighted by Crippen LogP contribution is -2.18. The number of benzene rings is 2. The van der Waals surface area contributed by atoms with E-state index in [2.05, 4.69) is 10.5 Å². The fourth-order valence-electron chi connectivity index (χ4n) is 1.83. The zero-order valence-electron chi connectivity index (χ0n) is 12.6. The van der Waals surface area contributed by atoms with E-state index in [9.17, 15) is 9.18 Å². The third kappa shape index (κ3) is 6.18. The molecule has 0 spiro atoms. The lowest BCUT2D eigenvalue weighted by molar-refractivity contribution is -0.121. The maximum Gasteiger partial charge on any atom is 0.240 e. The van der Waals surface area contributed by atoms with Gasteiger partial charge in [-0.3, -0.25) is 4.79 Å². The zero-order chi connectivity index (χ0) is 17.4. The Hall–Kier alpha value is -2.11. The molecule has 2 aromatic carbocycles. The Morgan fingerprint density at radius 2 is 2.08 bits per heavy atom. The molecule has 0 aliphatic heterocycles. The van der Waals surface area contributed by atoms with Gasteiger partial charge in [0.2, 0.25) is 5.91 Å². The molecular weight excluding hydrogens is 354 g/mol. The van der Waals surface area contributed by atoms with E-state index in [0.29, 0.717) is 34.4 Å². The average molecular weight is 369 g/mol. The van der Waals surface area contributed by atoms with Crippen molar-refractivity contribution in [1.29, 1.82) is 0 Å². The quantitative estimate of drug-likeness (QED) is 0.446. The van der Waals surface area contributed by atoms with E-state index in [0.717, 1.165) is 0 Å². The molecule has 0 saturated carbocycles. The monoisotopic (exact) mass is 368 g/mol. The molecule has 2 rings (SSSR count). The number of halogens is 3. The van der Waals surface area contributed by atoms with Crippen LogP contribution in [0.2, 0.25) is 10.0 Å². The molecule has 0 aliphatic carbocycles. The highest BCUT2D eigenvalue weighted by Crippen LogP contribution is 2.27. The molecule has 0 saturated heterocycles. The molecule has 2 aromatic rings.